The van der Waals surface area contributed by atoms with Gasteiger partial charge in [-0.3, -0.25) is 4.79 Å². The van der Waals surface area contributed by atoms with Crippen molar-refractivity contribution >= 4 is 11.8 Å². The number of Topliss-reactive ketones (excluding diaryl/α,β-unsaturated/α-hetero) is 1. The first-order valence-corrected chi connectivity index (χ1v) is 7.76. The molecule has 0 saturated heterocycles. The molecule has 0 radical (unpaired) electrons. The van der Waals surface area contributed by atoms with Crippen LogP contribution in [0.15, 0.2) is 22.5 Å². The minimum Gasteiger partial charge on any atom is -0.463 e. The molecule has 0 aromatic carbocycles. The summed E-state index contributed by atoms with van der Waals surface area (Å²) in [5, 5.41) is 3.33. The van der Waals surface area contributed by atoms with Crippen LogP contribution in [0.25, 0.3) is 0 Å². The van der Waals surface area contributed by atoms with Crippen LogP contribution < -0.4 is 5.32 Å². The molecule has 1 N–H and O–H groups in total. The monoisotopic (exact) mass is 291 g/mol. The van der Waals surface area contributed by atoms with Gasteiger partial charge in [0, 0.05) is 34.7 Å². The zero-order chi connectivity index (χ0) is 15.8. The number of allylic oxidation sites excluding steroid dienone is 3. The summed E-state index contributed by atoms with van der Waals surface area (Å²) in [5.41, 5.74) is 3.17. The van der Waals surface area contributed by atoms with Crippen molar-refractivity contribution in [2.75, 3.05) is 6.61 Å². The highest BCUT2D eigenvalue weighted by molar-refractivity contribution is 6.02. The molecule has 0 spiro atoms. The van der Waals surface area contributed by atoms with Crippen LogP contribution in [0.2, 0.25) is 0 Å². The van der Waals surface area contributed by atoms with Crippen molar-refractivity contribution in [2.24, 2.45) is 11.3 Å². The van der Waals surface area contributed by atoms with Crippen molar-refractivity contribution in [1.82, 2.24) is 5.32 Å². The Hall–Kier alpha value is -1.58. The molecule has 4 nitrogen and oxygen atoms in total. The Bertz CT molecular complexity index is 540. The second kappa shape index (κ2) is 5.66. The Labute approximate surface area is 126 Å². The lowest BCUT2D eigenvalue weighted by Gasteiger charge is -2.41. The molecule has 1 unspecified atom stereocenters. The van der Waals surface area contributed by atoms with Crippen LogP contribution in [0.5, 0.6) is 0 Å². The van der Waals surface area contributed by atoms with Gasteiger partial charge in [-0.05, 0) is 26.7 Å². The average Bonchev–Trinajstić information content (AvgIpc) is 2.42. The van der Waals surface area contributed by atoms with Crippen molar-refractivity contribution < 1.29 is 14.3 Å². The quantitative estimate of drug-likeness (QED) is 0.812. The number of carbonyl (C=O) groups is 2. The molecule has 1 heterocycles. The number of dihydropyridines is 1. The van der Waals surface area contributed by atoms with E-state index in [2.05, 4.69) is 19.2 Å². The van der Waals surface area contributed by atoms with E-state index in [4.69, 9.17) is 4.74 Å². The van der Waals surface area contributed by atoms with E-state index in [1.54, 1.807) is 6.92 Å². The number of ether oxygens (including phenoxy) is 1. The molecule has 0 aromatic heterocycles. The smallest absolute Gasteiger partial charge is 0.336 e. The third-order valence-electron chi connectivity index (χ3n) is 4.54. The maximum atomic E-state index is 12.4. The van der Waals surface area contributed by atoms with Crippen molar-refractivity contribution in [3.63, 3.8) is 0 Å². The van der Waals surface area contributed by atoms with Crippen molar-refractivity contribution in [1.29, 1.82) is 0 Å². The van der Waals surface area contributed by atoms with Gasteiger partial charge in [0.05, 0.1) is 12.2 Å². The summed E-state index contributed by atoms with van der Waals surface area (Å²) < 4.78 is 5.18. The Morgan fingerprint density at radius 1 is 1.38 bits per heavy atom. The van der Waals surface area contributed by atoms with E-state index in [0.29, 0.717) is 18.6 Å². The van der Waals surface area contributed by atoms with Gasteiger partial charge in [0.2, 0.25) is 0 Å². The van der Waals surface area contributed by atoms with Crippen LogP contribution in [0.4, 0.5) is 0 Å². The Morgan fingerprint density at radius 2 is 2.05 bits per heavy atom. The Kier molecular flexibility index (Phi) is 4.26. The number of rotatable bonds is 3. The van der Waals surface area contributed by atoms with Gasteiger partial charge < -0.3 is 10.1 Å². The number of ketones is 1. The van der Waals surface area contributed by atoms with Crippen LogP contribution >= 0.6 is 0 Å². The van der Waals surface area contributed by atoms with Crippen LogP contribution in [-0.4, -0.2) is 18.4 Å². The number of hydrogen-bond donors (Lipinski definition) is 1. The lowest BCUT2D eigenvalue weighted by molar-refractivity contribution is -0.139. The molecule has 0 fully saturated rings. The topological polar surface area (TPSA) is 55.4 Å². The molecule has 0 aromatic rings. The Morgan fingerprint density at radius 3 is 2.62 bits per heavy atom. The molecule has 2 rings (SSSR count). The van der Waals surface area contributed by atoms with Gasteiger partial charge in [0.25, 0.3) is 0 Å². The third-order valence-corrected chi connectivity index (χ3v) is 4.54. The number of hydrogen-bond acceptors (Lipinski definition) is 4. The fourth-order valence-corrected chi connectivity index (χ4v) is 3.37. The molecular weight excluding hydrogens is 266 g/mol. The lowest BCUT2D eigenvalue weighted by atomic mass is 9.69. The minimum absolute atomic E-state index is 0.0574. The number of nitrogens with one attached hydrogen (secondary N) is 1. The summed E-state index contributed by atoms with van der Waals surface area (Å²) in [6.07, 6.45) is 2.13. The standard InChI is InChI=1S/C17H25NO3/c1-6-11-13(16(20)21-7-2)10(3)18-15-14(11)12(19)8-9-17(15,4)5/h11,18H,6-9H2,1-5H3. The second-order valence-corrected chi connectivity index (χ2v) is 6.44. The fraction of sp³-hybridized carbons (Fsp3) is 0.647. The first kappa shape index (κ1) is 15.8. The van der Waals surface area contributed by atoms with Crippen molar-refractivity contribution in [3.8, 4) is 0 Å². The molecule has 0 bridgehead atoms. The average molecular weight is 291 g/mol. The van der Waals surface area contributed by atoms with E-state index in [9.17, 15) is 9.59 Å². The maximum Gasteiger partial charge on any atom is 0.336 e. The van der Waals surface area contributed by atoms with Crippen LogP contribution in [-0.2, 0) is 14.3 Å². The second-order valence-electron chi connectivity index (χ2n) is 6.44. The van der Waals surface area contributed by atoms with Gasteiger partial charge in [-0.15, -0.1) is 0 Å². The van der Waals surface area contributed by atoms with Gasteiger partial charge in [-0.1, -0.05) is 20.8 Å². The van der Waals surface area contributed by atoms with Gasteiger partial charge >= 0.3 is 5.97 Å². The normalized spacial score (nSPS) is 24.6. The van der Waals surface area contributed by atoms with Crippen molar-refractivity contribution in [3.05, 3.63) is 22.5 Å². The summed E-state index contributed by atoms with van der Waals surface area (Å²) in [5.74, 6) is -0.289. The van der Waals surface area contributed by atoms with E-state index in [1.165, 1.54) is 0 Å². The first-order valence-electron chi connectivity index (χ1n) is 7.76. The van der Waals surface area contributed by atoms with E-state index < -0.39 is 0 Å². The molecule has 1 aliphatic carbocycles. The van der Waals surface area contributed by atoms with Gasteiger partial charge in [-0.2, -0.15) is 0 Å². The van der Waals surface area contributed by atoms with E-state index in [1.807, 2.05) is 13.8 Å². The molecule has 116 valence electrons. The van der Waals surface area contributed by atoms with E-state index >= 15 is 0 Å². The number of carbonyl (C=O) groups excluding carboxylic acids is 2. The van der Waals surface area contributed by atoms with Gasteiger partial charge in [0.1, 0.15) is 0 Å². The third kappa shape index (κ3) is 2.63. The van der Waals surface area contributed by atoms with Gasteiger partial charge in [-0.25, -0.2) is 4.79 Å². The molecule has 21 heavy (non-hydrogen) atoms. The predicted molar refractivity (Wildman–Crippen MR) is 81.3 cm³/mol. The summed E-state index contributed by atoms with van der Waals surface area (Å²) in [4.78, 5) is 24.7. The summed E-state index contributed by atoms with van der Waals surface area (Å²) in [7, 11) is 0. The summed E-state index contributed by atoms with van der Waals surface area (Å²) in [6, 6.07) is 0. The predicted octanol–water partition coefficient (Wildman–Crippen LogP) is 3.10. The minimum atomic E-state index is -0.308. The highest BCUT2D eigenvalue weighted by Gasteiger charge is 2.42. The lowest BCUT2D eigenvalue weighted by Crippen LogP contribution is -2.41. The first-order chi connectivity index (χ1) is 9.83. The van der Waals surface area contributed by atoms with Gasteiger partial charge in [0.15, 0.2) is 5.78 Å². The largest absolute Gasteiger partial charge is 0.463 e. The van der Waals surface area contributed by atoms with Crippen LogP contribution in [0.1, 0.15) is 53.9 Å². The zero-order valence-electron chi connectivity index (χ0n) is 13.6. The van der Waals surface area contributed by atoms with Crippen molar-refractivity contribution in [2.45, 2.75) is 53.9 Å². The molecule has 1 atom stereocenters. The van der Waals surface area contributed by atoms with Crippen LogP contribution in [0.3, 0.4) is 0 Å². The van der Waals surface area contributed by atoms with E-state index in [-0.39, 0.29) is 23.1 Å². The molecule has 2 aliphatic rings. The van der Waals surface area contributed by atoms with E-state index in [0.717, 1.165) is 29.8 Å². The molecule has 0 amide bonds. The molecule has 0 saturated carbocycles. The molecule has 1 aliphatic heterocycles. The highest BCUT2D eigenvalue weighted by Crippen LogP contribution is 2.45. The molecular formula is C17H25NO3. The fourth-order valence-electron chi connectivity index (χ4n) is 3.37. The van der Waals surface area contributed by atoms with Crippen LogP contribution in [0, 0.1) is 11.3 Å². The summed E-state index contributed by atoms with van der Waals surface area (Å²) >= 11 is 0. The molecule has 4 heteroatoms. The maximum absolute atomic E-state index is 12.4. The summed E-state index contributed by atoms with van der Waals surface area (Å²) in [6.45, 7) is 10.4. The zero-order valence-corrected chi connectivity index (χ0v) is 13.6. The Balaban J connectivity index is 2.51. The SMILES string of the molecule is CCOC(=O)C1=C(C)NC2=C(C(=O)CCC2(C)C)C1CC. The highest BCUT2D eigenvalue weighted by atomic mass is 16.5. The number of esters is 1.